The van der Waals surface area contributed by atoms with E-state index in [2.05, 4.69) is 15.9 Å². The van der Waals surface area contributed by atoms with E-state index in [1.165, 1.54) is 4.90 Å². The molecular weight excluding hydrogens is 384 g/mol. The van der Waals surface area contributed by atoms with Crippen molar-refractivity contribution in [3.8, 4) is 5.75 Å². The van der Waals surface area contributed by atoms with Gasteiger partial charge < -0.3 is 9.64 Å². The number of rotatable bonds is 3. The first-order valence-electron chi connectivity index (χ1n) is 7.13. The quantitative estimate of drug-likeness (QED) is 0.781. The van der Waals surface area contributed by atoms with Crippen LogP contribution in [0.3, 0.4) is 0 Å². The standard InChI is InChI=1S/C15H15BrN2O4S/c1-22-10-2-3-12(16)11(6-10)14(20)17-5-4-9(7-17)18-13(19)8-23-15(18)21/h2-3,6,9H,4-5,7-8H2,1H3/t9-/m1/s1. The normalized spacial score (nSPS) is 21.2. The van der Waals surface area contributed by atoms with Gasteiger partial charge in [0.25, 0.3) is 11.1 Å². The van der Waals surface area contributed by atoms with Crippen LogP contribution in [0.4, 0.5) is 4.79 Å². The van der Waals surface area contributed by atoms with E-state index < -0.39 is 0 Å². The highest BCUT2D eigenvalue weighted by Crippen LogP contribution is 2.29. The van der Waals surface area contributed by atoms with Crippen molar-refractivity contribution in [2.24, 2.45) is 0 Å². The molecule has 2 fully saturated rings. The van der Waals surface area contributed by atoms with Gasteiger partial charge in [0.15, 0.2) is 0 Å². The van der Waals surface area contributed by atoms with Gasteiger partial charge in [-0.05, 0) is 40.5 Å². The fourth-order valence-corrected chi connectivity index (χ4v) is 4.01. The summed E-state index contributed by atoms with van der Waals surface area (Å²) >= 11 is 4.41. The van der Waals surface area contributed by atoms with Gasteiger partial charge in [0.05, 0.1) is 24.5 Å². The molecule has 0 bridgehead atoms. The molecule has 2 aliphatic rings. The molecule has 122 valence electrons. The SMILES string of the molecule is COc1ccc(Br)c(C(=O)N2CC[C@@H](N3C(=O)CSC3=O)C2)c1. The average molecular weight is 399 g/mol. The van der Waals surface area contributed by atoms with E-state index in [0.29, 0.717) is 35.3 Å². The summed E-state index contributed by atoms with van der Waals surface area (Å²) in [6.07, 6.45) is 0.616. The van der Waals surface area contributed by atoms with Crippen molar-refractivity contribution in [3.63, 3.8) is 0 Å². The number of carbonyl (C=O) groups is 3. The van der Waals surface area contributed by atoms with Crippen LogP contribution in [0.2, 0.25) is 0 Å². The molecule has 23 heavy (non-hydrogen) atoms. The fourth-order valence-electron chi connectivity index (χ4n) is 2.82. The molecule has 3 amide bonds. The molecule has 0 spiro atoms. The first-order chi connectivity index (χ1) is 11.0. The fraction of sp³-hybridized carbons (Fsp3) is 0.400. The topological polar surface area (TPSA) is 66.9 Å². The summed E-state index contributed by atoms with van der Waals surface area (Å²) < 4.78 is 5.85. The van der Waals surface area contributed by atoms with Gasteiger partial charge in [0, 0.05) is 17.6 Å². The number of carbonyl (C=O) groups excluding carboxylic acids is 3. The van der Waals surface area contributed by atoms with E-state index in [-0.39, 0.29) is 28.8 Å². The Hall–Kier alpha value is -1.54. The Balaban J connectivity index is 1.75. The second-order valence-electron chi connectivity index (χ2n) is 5.36. The highest BCUT2D eigenvalue weighted by Gasteiger charge is 2.40. The van der Waals surface area contributed by atoms with Crippen molar-refractivity contribution in [1.29, 1.82) is 0 Å². The first kappa shape index (κ1) is 16.3. The van der Waals surface area contributed by atoms with Crippen LogP contribution in [0.25, 0.3) is 0 Å². The highest BCUT2D eigenvalue weighted by molar-refractivity contribution is 9.10. The van der Waals surface area contributed by atoms with Gasteiger partial charge in [0.2, 0.25) is 5.91 Å². The monoisotopic (exact) mass is 398 g/mol. The van der Waals surface area contributed by atoms with E-state index in [9.17, 15) is 14.4 Å². The average Bonchev–Trinajstić information content (AvgIpc) is 3.14. The maximum absolute atomic E-state index is 12.7. The molecule has 2 heterocycles. The molecule has 1 aromatic carbocycles. The molecule has 3 rings (SSSR count). The van der Waals surface area contributed by atoms with Crippen molar-refractivity contribution >= 4 is 44.7 Å². The lowest BCUT2D eigenvalue weighted by Crippen LogP contribution is -2.41. The lowest BCUT2D eigenvalue weighted by atomic mass is 10.2. The Morgan fingerprint density at radius 1 is 1.39 bits per heavy atom. The maximum Gasteiger partial charge on any atom is 0.289 e. The van der Waals surface area contributed by atoms with Crippen molar-refractivity contribution in [2.75, 3.05) is 26.0 Å². The van der Waals surface area contributed by atoms with Gasteiger partial charge in [-0.25, -0.2) is 0 Å². The zero-order valence-corrected chi connectivity index (χ0v) is 14.9. The maximum atomic E-state index is 12.7. The van der Waals surface area contributed by atoms with Crippen LogP contribution < -0.4 is 4.74 Å². The minimum absolute atomic E-state index is 0.134. The number of benzene rings is 1. The number of ether oxygens (including phenoxy) is 1. The number of amides is 3. The summed E-state index contributed by atoms with van der Waals surface area (Å²) in [6, 6.07) is 5.00. The number of halogens is 1. The summed E-state index contributed by atoms with van der Waals surface area (Å²) in [5.74, 6) is 0.505. The lowest BCUT2D eigenvalue weighted by Gasteiger charge is -2.22. The Morgan fingerprint density at radius 2 is 2.17 bits per heavy atom. The molecule has 2 saturated heterocycles. The van der Waals surface area contributed by atoms with Gasteiger partial charge in [-0.2, -0.15) is 0 Å². The third-order valence-electron chi connectivity index (χ3n) is 4.00. The minimum Gasteiger partial charge on any atom is -0.497 e. The second-order valence-corrected chi connectivity index (χ2v) is 7.14. The van der Waals surface area contributed by atoms with Crippen molar-refractivity contribution in [3.05, 3.63) is 28.2 Å². The molecule has 0 saturated carbocycles. The van der Waals surface area contributed by atoms with Gasteiger partial charge in [-0.15, -0.1) is 0 Å². The molecule has 1 atom stereocenters. The molecule has 8 heteroatoms. The third-order valence-corrected chi connectivity index (χ3v) is 5.53. The molecule has 2 aliphatic heterocycles. The molecule has 0 radical (unpaired) electrons. The summed E-state index contributed by atoms with van der Waals surface area (Å²) in [4.78, 5) is 39.3. The Morgan fingerprint density at radius 3 is 2.83 bits per heavy atom. The van der Waals surface area contributed by atoms with Gasteiger partial charge in [0.1, 0.15) is 5.75 Å². The van der Waals surface area contributed by atoms with E-state index in [1.54, 1.807) is 30.2 Å². The highest BCUT2D eigenvalue weighted by atomic mass is 79.9. The molecule has 6 nitrogen and oxygen atoms in total. The third kappa shape index (κ3) is 3.10. The van der Waals surface area contributed by atoms with Crippen LogP contribution in [-0.4, -0.2) is 58.8 Å². The number of imide groups is 1. The smallest absolute Gasteiger partial charge is 0.289 e. The van der Waals surface area contributed by atoms with E-state index >= 15 is 0 Å². The summed E-state index contributed by atoms with van der Waals surface area (Å²) in [5, 5.41) is -0.211. The number of methoxy groups -OCH3 is 1. The molecule has 0 N–H and O–H groups in total. The van der Waals surface area contributed by atoms with Crippen LogP contribution in [0, 0.1) is 0 Å². The zero-order valence-electron chi connectivity index (χ0n) is 12.5. The van der Waals surface area contributed by atoms with Gasteiger partial charge in [-0.3, -0.25) is 19.3 Å². The molecule has 0 unspecified atom stereocenters. The number of nitrogens with zero attached hydrogens (tertiary/aromatic N) is 2. The Kier molecular flexibility index (Phi) is 4.63. The minimum atomic E-state index is -0.224. The summed E-state index contributed by atoms with van der Waals surface area (Å²) in [7, 11) is 1.55. The van der Waals surface area contributed by atoms with E-state index in [4.69, 9.17) is 4.74 Å². The van der Waals surface area contributed by atoms with Crippen molar-refractivity contribution < 1.29 is 19.1 Å². The number of hydrogen-bond donors (Lipinski definition) is 0. The predicted octanol–water partition coefficient (Wildman–Crippen LogP) is 2.37. The second kappa shape index (κ2) is 6.52. The molecule has 0 aromatic heterocycles. The van der Waals surface area contributed by atoms with E-state index in [0.717, 1.165) is 11.8 Å². The molecule has 1 aromatic rings. The number of likely N-dealkylation sites (tertiary alicyclic amines) is 1. The molecular formula is C15H15BrN2O4S. The number of hydrogen-bond acceptors (Lipinski definition) is 5. The van der Waals surface area contributed by atoms with Crippen LogP contribution in [0.1, 0.15) is 16.8 Å². The Bertz CT molecular complexity index is 665. The van der Waals surface area contributed by atoms with Crippen LogP contribution >= 0.6 is 27.7 Å². The predicted molar refractivity (Wildman–Crippen MR) is 89.7 cm³/mol. The van der Waals surface area contributed by atoms with Gasteiger partial charge >= 0.3 is 0 Å². The van der Waals surface area contributed by atoms with Crippen LogP contribution in [0.15, 0.2) is 22.7 Å². The molecule has 0 aliphatic carbocycles. The van der Waals surface area contributed by atoms with Gasteiger partial charge in [-0.1, -0.05) is 11.8 Å². The number of thioether (sulfide) groups is 1. The first-order valence-corrected chi connectivity index (χ1v) is 8.90. The Labute approximate surface area is 146 Å². The largest absolute Gasteiger partial charge is 0.497 e. The van der Waals surface area contributed by atoms with Crippen LogP contribution in [-0.2, 0) is 4.79 Å². The van der Waals surface area contributed by atoms with Crippen molar-refractivity contribution in [2.45, 2.75) is 12.5 Å². The van der Waals surface area contributed by atoms with Crippen LogP contribution in [0.5, 0.6) is 5.75 Å². The lowest BCUT2D eigenvalue weighted by molar-refractivity contribution is -0.126. The summed E-state index contributed by atoms with van der Waals surface area (Å²) in [5.41, 5.74) is 0.512. The van der Waals surface area contributed by atoms with Crippen molar-refractivity contribution in [1.82, 2.24) is 9.80 Å². The zero-order chi connectivity index (χ0) is 16.6. The summed E-state index contributed by atoms with van der Waals surface area (Å²) in [6.45, 7) is 0.898. The van der Waals surface area contributed by atoms with E-state index in [1.807, 2.05) is 0 Å².